The van der Waals surface area contributed by atoms with Crippen LogP contribution in [0.2, 0.25) is 0 Å². The minimum Gasteiger partial charge on any atom is -0.377 e. The largest absolute Gasteiger partial charge is 0.377 e. The van der Waals surface area contributed by atoms with Gasteiger partial charge in [-0.3, -0.25) is 4.79 Å². The topological polar surface area (TPSA) is 20.3 Å². The standard InChI is InChI=1S/C11H12FNO/c1-4-11(14)9-6-5-8(12)7-10(9)13(2)3/h4-7H,1H2,2-3H3. The van der Waals surface area contributed by atoms with Crippen LogP contribution in [0.4, 0.5) is 10.1 Å². The summed E-state index contributed by atoms with van der Waals surface area (Å²) in [6.45, 7) is 3.40. The van der Waals surface area contributed by atoms with Crippen LogP contribution in [0.25, 0.3) is 0 Å². The summed E-state index contributed by atoms with van der Waals surface area (Å²) in [4.78, 5) is 13.1. The number of ketones is 1. The van der Waals surface area contributed by atoms with Crippen molar-refractivity contribution in [2.75, 3.05) is 19.0 Å². The molecule has 0 saturated heterocycles. The lowest BCUT2D eigenvalue weighted by molar-refractivity contribution is 0.104. The highest BCUT2D eigenvalue weighted by Gasteiger charge is 2.10. The van der Waals surface area contributed by atoms with Crippen LogP contribution in [0.5, 0.6) is 0 Å². The average Bonchev–Trinajstić information content (AvgIpc) is 2.16. The molecule has 0 saturated carbocycles. The highest BCUT2D eigenvalue weighted by molar-refractivity contribution is 6.08. The van der Waals surface area contributed by atoms with Crippen molar-refractivity contribution in [2.45, 2.75) is 0 Å². The zero-order valence-electron chi connectivity index (χ0n) is 8.25. The van der Waals surface area contributed by atoms with E-state index in [1.165, 1.54) is 24.3 Å². The molecule has 0 unspecified atom stereocenters. The van der Waals surface area contributed by atoms with Crippen molar-refractivity contribution in [3.05, 3.63) is 42.2 Å². The van der Waals surface area contributed by atoms with Gasteiger partial charge in [-0.25, -0.2) is 4.39 Å². The molecule has 0 spiro atoms. The number of anilines is 1. The first kappa shape index (κ1) is 10.4. The quantitative estimate of drug-likeness (QED) is 0.542. The molecular formula is C11H12FNO. The van der Waals surface area contributed by atoms with E-state index >= 15 is 0 Å². The molecule has 0 bridgehead atoms. The Morgan fingerprint density at radius 1 is 1.50 bits per heavy atom. The summed E-state index contributed by atoms with van der Waals surface area (Å²) in [5.74, 6) is -0.553. The Hall–Kier alpha value is -1.64. The number of rotatable bonds is 3. The number of allylic oxidation sites excluding steroid dienone is 1. The van der Waals surface area contributed by atoms with E-state index in [2.05, 4.69) is 6.58 Å². The highest BCUT2D eigenvalue weighted by Crippen LogP contribution is 2.20. The molecule has 1 rings (SSSR count). The minimum atomic E-state index is -0.352. The lowest BCUT2D eigenvalue weighted by atomic mass is 10.1. The van der Waals surface area contributed by atoms with E-state index in [1.807, 2.05) is 0 Å². The van der Waals surface area contributed by atoms with Crippen LogP contribution in [-0.2, 0) is 0 Å². The second kappa shape index (κ2) is 4.05. The van der Waals surface area contributed by atoms with Gasteiger partial charge in [-0.1, -0.05) is 6.58 Å². The predicted octanol–water partition coefficient (Wildman–Crippen LogP) is 2.26. The number of nitrogens with zero attached hydrogens (tertiary/aromatic N) is 1. The molecule has 0 N–H and O–H groups in total. The molecule has 0 aliphatic heterocycles. The van der Waals surface area contributed by atoms with Crippen molar-refractivity contribution in [1.82, 2.24) is 0 Å². The summed E-state index contributed by atoms with van der Waals surface area (Å²) in [6, 6.07) is 4.06. The number of benzene rings is 1. The molecule has 74 valence electrons. The zero-order chi connectivity index (χ0) is 10.7. The molecule has 2 nitrogen and oxygen atoms in total. The predicted molar refractivity (Wildman–Crippen MR) is 55.3 cm³/mol. The Bertz CT molecular complexity index is 372. The van der Waals surface area contributed by atoms with Gasteiger partial charge in [0.1, 0.15) is 5.82 Å². The summed E-state index contributed by atoms with van der Waals surface area (Å²) in [5.41, 5.74) is 1.03. The molecule has 0 amide bonds. The third kappa shape index (κ3) is 1.99. The highest BCUT2D eigenvalue weighted by atomic mass is 19.1. The van der Waals surface area contributed by atoms with E-state index in [9.17, 15) is 9.18 Å². The number of halogens is 1. The van der Waals surface area contributed by atoms with Gasteiger partial charge in [0.25, 0.3) is 0 Å². The molecule has 3 heteroatoms. The molecule has 1 aromatic carbocycles. The van der Waals surface area contributed by atoms with Crippen LogP contribution in [0.3, 0.4) is 0 Å². The number of carbonyl (C=O) groups excluding carboxylic acids is 1. The van der Waals surface area contributed by atoms with E-state index in [-0.39, 0.29) is 11.6 Å². The fourth-order valence-electron chi connectivity index (χ4n) is 1.19. The molecule has 0 aliphatic carbocycles. The van der Waals surface area contributed by atoms with Crippen LogP contribution in [0, 0.1) is 5.82 Å². The summed E-state index contributed by atoms with van der Waals surface area (Å²) < 4.78 is 12.9. The fourth-order valence-corrected chi connectivity index (χ4v) is 1.19. The third-order valence-electron chi connectivity index (χ3n) is 1.89. The smallest absolute Gasteiger partial charge is 0.187 e. The summed E-state index contributed by atoms with van der Waals surface area (Å²) in [7, 11) is 3.52. The molecular weight excluding hydrogens is 181 g/mol. The summed E-state index contributed by atoms with van der Waals surface area (Å²) in [6.07, 6.45) is 1.22. The molecule has 1 aromatic rings. The maximum atomic E-state index is 12.9. The number of hydrogen-bond acceptors (Lipinski definition) is 2. The van der Waals surface area contributed by atoms with Gasteiger partial charge >= 0.3 is 0 Å². The Morgan fingerprint density at radius 2 is 2.14 bits per heavy atom. The van der Waals surface area contributed by atoms with E-state index in [4.69, 9.17) is 0 Å². The van der Waals surface area contributed by atoms with Crippen LogP contribution in [0.1, 0.15) is 10.4 Å². The van der Waals surface area contributed by atoms with Crippen molar-refractivity contribution in [2.24, 2.45) is 0 Å². The molecule has 0 aromatic heterocycles. The maximum absolute atomic E-state index is 12.9. The van der Waals surface area contributed by atoms with Crippen molar-refractivity contribution in [3.63, 3.8) is 0 Å². The van der Waals surface area contributed by atoms with E-state index in [0.29, 0.717) is 11.3 Å². The Balaban J connectivity index is 3.28. The first-order valence-corrected chi connectivity index (χ1v) is 4.20. The monoisotopic (exact) mass is 193 g/mol. The first-order chi connectivity index (χ1) is 6.56. The van der Waals surface area contributed by atoms with Crippen LogP contribution < -0.4 is 4.90 Å². The van der Waals surface area contributed by atoms with Crippen molar-refractivity contribution >= 4 is 11.5 Å². The minimum absolute atomic E-state index is 0.200. The average molecular weight is 193 g/mol. The molecule has 0 radical (unpaired) electrons. The maximum Gasteiger partial charge on any atom is 0.187 e. The van der Waals surface area contributed by atoms with Gasteiger partial charge in [0.2, 0.25) is 0 Å². The van der Waals surface area contributed by atoms with E-state index in [0.717, 1.165) is 0 Å². The number of hydrogen-bond donors (Lipinski definition) is 0. The lowest BCUT2D eigenvalue weighted by Gasteiger charge is -2.15. The second-order valence-corrected chi connectivity index (χ2v) is 3.12. The molecule has 0 aliphatic rings. The molecule has 0 fully saturated rings. The first-order valence-electron chi connectivity index (χ1n) is 4.20. The van der Waals surface area contributed by atoms with Crippen molar-refractivity contribution in [1.29, 1.82) is 0 Å². The van der Waals surface area contributed by atoms with Gasteiger partial charge in [-0.05, 0) is 24.3 Å². The zero-order valence-corrected chi connectivity index (χ0v) is 8.25. The van der Waals surface area contributed by atoms with Gasteiger partial charge < -0.3 is 4.90 Å². The SMILES string of the molecule is C=CC(=O)c1ccc(F)cc1N(C)C. The van der Waals surface area contributed by atoms with Crippen molar-refractivity contribution in [3.8, 4) is 0 Å². The third-order valence-corrected chi connectivity index (χ3v) is 1.89. The van der Waals surface area contributed by atoms with Gasteiger partial charge in [0, 0.05) is 19.7 Å². The molecule has 14 heavy (non-hydrogen) atoms. The Morgan fingerprint density at radius 3 is 2.64 bits per heavy atom. The normalized spacial score (nSPS) is 9.64. The number of carbonyl (C=O) groups is 1. The summed E-state index contributed by atoms with van der Waals surface area (Å²) >= 11 is 0. The Labute approximate surface area is 82.7 Å². The van der Waals surface area contributed by atoms with Gasteiger partial charge in [-0.2, -0.15) is 0 Å². The lowest BCUT2D eigenvalue weighted by Crippen LogP contribution is -2.13. The van der Waals surface area contributed by atoms with Crippen molar-refractivity contribution < 1.29 is 9.18 Å². The van der Waals surface area contributed by atoms with E-state index < -0.39 is 0 Å². The molecule has 0 atom stereocenters. The molecule has 0 heterocycles. The van der Waals surface area contributed by atoms with Gasteiger partial charge in [-0.15, -0.1) is 0 Å². The Kier molecular flexibility index (Phi) is 3.02. The van der Waals surface area contributed by atoms with Gasteiger partial charge in [0.05, 0.1) is 5.69 Å². The summed E-state index contributed by atoms with van der Waals surface area (Å²) in [5, 5.41) is 0. The fraction of sp³-hybridized carbons (Fsp3) is 0.182. The van der Waals surface area contributed by atoms with Crippen LogP contribution >= 0.6 is 0 Å². The van der Waals surface area contributed by atoms with Crippen LogP contribution in [-0.4, -0.2) is 19.9 Å². The van der Waals surface area contributed by atoms with Crippen LogP contribution in [0.15, 0.2) is 30.9 Å². The second-order valence-electron chi connectivity index (χ2n) is 3.12. The van der Waals surface area contributed by atoms with E-state index in [1.54, 1.807) is 19.0 Å². The van der Waals surface area contributed by atoms with Gasteiger partial charge in [0.15, 0.2) is 5.78 Å².